The van der Waals surface area contributed by atoms with Gasteiger partial charge in [-0.25, -0.2) is 0 Å². The normalized spacial score (nSPS) is 9.83. The Morgan fingerprint density at radius 3 is 2.75 bits per heavy atom. The van der Waals surface area contributed by atoms with Crippen LogP contribution >= 0.6 is 15.9 Å². The van der Waals surface area contributed by atoms with Gasteiger partial charge in [0.1, 0.15) is 5.56 Å². The van der Waals surface area contributed by atoms with Crippen molar-refractivity contribution in [1.29, 1.82) is 0 Å². The van der Waals surface area contributed by atoms with Gasteiger partial charge in [-0.15, -0.1) is 0 Å². The molecule has 2 nitrogen and oxygen atoms in total. The quantitative estimate of drug-likeness (QED) is 0.778. The average Bonchev–Trinajstić information content (AvgIpc) is 2.05. The van der Waals surface area contributed by atoms with Crippen molar-refractivity contribution < 1.29 is 9.90 Å². The molecule has 0 amide bonds. The minimum absolute atomic E-state index is 0.454. The van der Waals surface area contributed by atoms with Crippen LogP contribution in [0.3, 0.4) is 0 Å². The zero-order chi connectivity index (χ0) is 9.14. The second-order valence-electron chi connectivity index (χ2n) is 2.48. The van der Waals surface area contributed by atoms with Crippen molar-refractivity contribution in [2.75, 3.05) is 0 Å². The summed E-state index contributed by atoms with van der Waals surface area (Å²) in [5, 5.41) is 8.79. The fraction of sp³-hybridized carbons (Fsp3) is 0.222. The lowest BCUT2D eigenvalue weighted by Gasteiger charge is -1.99. The van der Waals surface area contributed by atoms with Gasteiger partial charge in [0.15, 0.2) is 0 Å². The molecule has 1 aromatic rings. The van der Waals surface area contributed by atoms with Gasteiger partial charge in [0.05, 0.1) is 0 Å². The van der Waals surface area contributed by atoms with Crippen LogP contribution in [0.2, 0.25) is 0 Å². The van der Waals surface area contributed by atoms with E-state index < -0.39 is 5.97 Å². The van der Waals surface area contributed by atoms with Gasteiger partial charge in [-0.1, -0.05) is 22.9 Å². The van der Waals surface area contributed by atoms with Crippen molar-refractivity contribution in [3.05, 3.63) is 33.8 Å². The van der Waals surface area contributed by atoms with Crippen LogP contribution in [-0.4, -0.2) is 15.9 Å². The van der Waals surface area contributed by atoms with E-state index in [0.29, 0.717) is 5.56 Å². The van der Waals surface area contributed by atoms with E-state index in [4.69, 9.17) is 9.90 Å². The highest BCUT2D eigenvalue weighted by Gasteiger charge is 2.10. The predicted molar refractivity (Wildman–Crippen MR) is 52.2 cm³/mol. The first kappa shape index (κ1) is 9.26. The Morgan fingerprint density at radius 2 is 2.25 bits per heavy atom. The van der Waals surface area contributed by atoms with E-state index in [-0.39, 0.29) is 0 Å². The van der Waals surface area contributed by atoms with Gasteiger partial charge in [-0.2, -0.15) is 0 Å². The molecule has 0 aliphatic rings. The molecule has 1 rings (SSSR count). The molecule has 0 saturated heterocycles. The van der Waals surface area contributed by atoms with Crippen LogP contribution in [0.5, 0.6) is 0 Å². The third kappa shape index (κ3) is 1.85. The van der Waals surface area contributed by atoms with Gasteiger partial charge in [-0.05, 0) is 30.2 Å². The number of aromatic carboxylic acids is 1. The maximum absolute atomic E-state index is 8.79. The third-order valence-corrected chi connectivity index (χ3v) is 2.46. The summed E-state index contributed by atoms with van der Waals surface area (Å²) in [7, 11) is 0. The van der Waals surface area contributed by atoms with E-state index >= 15 is 0 Å². The Balaban J connectivity index is 3.13. The van der Waals surface area contributed by atoms with Crippen molar-refractivity contribution in [2.45, 2.75) is 13.3 Å². The van der Waals surface area contributed by atoms with Crippen molar-refractivity contribution in [3.63, 3.8) is 0 Å². The summed E-state index contributed by atoms with van der Waals surface area (Å²) in [6, 6.07) is 5.21. The van der Waals surface area contributed by atoms with Gasteiger partial charge in [0.2, 0.25) is 0 Å². The minimum atomic E-state index is -0.628. The number of carboxylic acid groups (broad SMARTS) is 1. The van der Waals surface area contributed by atoms with Crippen LogP contribution < -0.4 is 0 Å². The van der Waals surface area contributed by atoms with Crippen molar-refractivity contribution in [1.82, 2.24) is 0 Å². The molecule has 12 heavy (non-hydrogen) atoms. The van der Waals surface area contributed by atoms with Crippen LogP contribution in [-0.2, 0) is 6.42 Å². The number of hydrogen-bond acceptors (Lipinski definition) is 0. The van der Waals surface area contributed by atoms with E-state index in [1.807, 2.05) is 6.92 Å². The summed E-state index contributed by atoms with van der Waals surface area (Å²) in [5.74, 6) is -0.628. The fourth-order valence-corrected chi connectivity index (χ4v) is 1.51. The molecular formula is C9H10BrO2+. The largest absolute Gasteiger partial charge is 0.515 e. The zero-order valence-electron chi connectivity index (χ0n) is 6.71. The fourth-order valence-electron chi connectivity index (χ4n) is 0.985. The molecule has 0 saturated carbocycles. The van der Waals surface area contributed by atoms with E-state index in [1.165, 1.54) is 0 Å². The van der Waals surface area contributed by atoms with Crippen molar-refractivity contribution in [3.8, 4) is 0 Å². The first-order valence-corrected chi connectivity index (χ1v) is 4.48. The Labute approximate surface area is 79.3 Å². The van der Waals surface area contributed by atoms with Crippen LogP contribution in [0.1, 0.15) is 18.1 Å². The molecule has 0 atom stereocenters. The maximum Gasteiger partial charge on any atom is 0.515 e. The summed E-state index contributed by atoms with van der Waals surface area (Å²) in [6.07, 6.45) is 0.863. The highest BCUT2D eigenvalue weighted by Crippen LogP contribution is 2.18. The average molecular weight is 230 g/mol. The van der Waals surface area contributed by atoms with E-state index in [1.54, 1.807) is 18.2 Å². The number of benzene rings is 1. The summed E-state index contributed by atoms with van der Waals surface area (Å²) in [5.41, 5.74) is 1.52. The lowest BCUT2D eigenvalue weighted by Crippen LogP contribution is -1.99. The molecule has 0 spiro atoms. The highest BCUT2D eigenvalue weighted by atomic mass is 79.9. The Bertz CT molecular complexity index is 307. The van der Waals surface area contributed by atoms with E-state index in [9.17, 15) is 0 Å². The Kier molecular flexibility index (Phi) is 2.87. The summed E-state index contributed by atoms with van der Waals surface area (Å²) >= 11 is 3.37. The second kappa shape index (κ2) is 3.72. The summed E-state index contributed by atoms with van der Waals surface area (Å²) < 4.78 is 0.995. The molecule has 0 aliphatic heterocycles. The first-order chi connectivity index (χ1) is 5.65. The topological polar surface area (TPSA) is 41.6 Å². The molecular weight excluding hydrogens is 220 g/mol. The standard InChI is InChI=1S/C9H9BrO2/c1-2-6-5-7(9(11)12)3-4-8(6)10/h3-5H,2H2,1H3,(H,11,12)/p+1. The summed E-state index contributed by atoms with van der Waals surface area (Å²) in [4.78, 5) is 8.79. The molecule has 0 bridgehead atoms. The lowest BCUT2D eigenvalue weighted by atomic mass is 10.1. The van der Waals surface area contributed by atoms with E-state index in [0.717, 1.165) is 16.5 Å². The van der Waals surface area contributed by atoms with Crippen molar-refractivity contribution in [2.24, 2.45) is 0 Å². The smallest absolute Gasteiger partial charge is 0.335 e. The molecule has 0 heterocycles. The SMILES string of the molecule is CCc1cc(C(O)=[OH+])ccc1Br. The van der Waals surface area contributed by atoms with E-state index in [2.05, 4.69) is 15.9 Å². The molecule has 64 valence electrons. The molecule has 3 heteroatoms. The number of aliphatic hydroxyl groups excluding tert-OH is 1. The van der Waals surface area contributed by atoms with Gasteiger partial charge >= 0.3 is 5.97 Å². The number of halogens is 1. The number of hydrogen-bond donors (Lipinski definition) is 1. The van der Waals surface area contributed by atoms with Gasteiger partial charge in [0, 0.05) is 4.47 Å². The monoisotopic (exact) mass is 229 g/mol. The van der Waals surface area contributed by atoms with Gasteiger partial charge in [0.25, 0.3) is 0 Å². The second-order valence-corrected chi connectivity index (χ2v) is 3.34. The third-order valence-electron chi connectivity index (χ3n) is 1.68. The Hall–Kier alpha value is -0.830. The van der Waals surface area contributed by atoms with Crippen LogP contribution in [0.15, 0.2) is 22.7 Å². The first-order valence-electron chi connectivity index (χ1n) is 3.68. The molecule has 2 N–H and O–H groups in total. The Morgan fingerprint density at radius 1 is 1.58 bits per heavy atom. The molecule has 0 unspecified atom stereocenters. The van der Waals surface area contributed by atoms with Crippen LogP contribution in [0.25, 0.3) is 0 Å². The minimum Gasteiger partial charge on any atom is -0.335 e. The zero-order valence-corrected chi connectivity index (χ0v) is 8.30. The van der Waals surface area contributed by atoms with Crippen LogP contribution in [0, 0.1) is 0 Å². The summed E-state index contributed by atoms with van der Waals surface area (Å²) in [6.45, 7) is 2.01. The van der Waals surface area contributed by atoms with Crippen molar-refractivity contribution >= 4 is 21.9 Å². The number of rotatable bonds is 2. The molecule has 0 aliphatic carbocycles. The predicted octanol–water partition coefficient (Wildman–Crippen LogP) is 2.42. The number of carboxylic acids is 1. The molecule has 0 fully saturated rings. The lowest BCUT2D eigenvalue weighted by molar-refractivity contribution is 0.463. The maximum atomic E-state index is 8.79. The highest BCUT2D eigenvalue weighted by molar-refractivity contribution is 9.10. The molecule has 1 aromatic carbocycles. The van der Waals surface area contributed by atoms with Crippen LogP contribution in [0.4, 0.5) is 0 Å². The molecule has 0 radical (unpaired) electrons. The van der Waals surface area contributed by atoms with Gasteiger partial charge < -0.3 is 9.90 Å². The van der Waals surface area contributed by atoms with Gasteiger partial charge in [-0.3, -0.25) is 0 Å². The molecule has 0 aromatic heterocycles. The number of aryl methyl sites for hydroxylation is 1.